The van der Waals surface area contributed by atoms with E-state index >= 15 is 0 Å². The average Bonchev–Trinajstić information content (AvgIpc) is 3.24. The molecule has 1 aromatic carbocycles. The molecule has 0 saturated carbocycles. The molecule has 1 unspecified atom stereocenters. The van der Waals surface area contributed by atoms with Crippen LogP contribution in [0.4, 0.5) is 0 Å². The number of carbonyl (C=O) groups is 1. The summed E-state index contributed by atoms with van der Waals surface area (Å²) in [5, 5.41) is 10.6. The first kappa shape index (κ1) is 15.7. The zero-order valence-corrected chi connectivity index (χ0v) is 13.8. The van der Waals surface area contributed by atoms with E-state index in [-0.39, 0.29) is 11.9 Å². The van der Waals surface area contributed by atoms with Crippen molar-refractivity contribution >= 4 is 5.91 Å². The topological polar surface area (TPSA) is 61.0 Å². The number of hydrogen-bond donors (Lipinski definition) is 2. The lowest BCUT2D eigenvalue weighted by atomic mass is 10.1. The molecular formula is C18H24N4O. The fraction of sp³-hybridized carbons (Fsp3) is 0.444. The lowest BCUT2D eigenvalue weighted by Crippen LogP contribution is -2.42. The van der Waals surface area contributed by atoms with Crippen LogP contribution >= 0.6 is 0 Å². The second kappa shape index (κ2) is 6.96. The largest absolute Gasteiger partial charge is 0.333 e. The van der Waals surface area contributed by atoms with Crippen LogP contribution in [-0.4, -0.2) is 46.7 Å². The van der Waals surface area contributed by atoms with E-state index in [0.717, 1.165) is 43.7 Å². The molecule has 122 valence electrons. The number of benzene rings is 1. The fourth-order valence-electron chi connectivity index (χ4n) is 3.05. The molecule has 1 aliphatic rings. The predicted octanol–water partition coefficient (Wildman–Crippen LogP) is 2.60. The van der Waals surface area contributed by atoms with Gasteiger partial charge in [0.1, 0.15) is 5.69 Å². The number of aromatic nitrogens is 2. The molecule has 1 atom stereocenters. The third-order valence-corrected chi connectivity index (χ3v) is 4.36. The van der Waals surface area contributed by atoms with Gasteiger partial charge in [-0.05, 0) is 32.4 Å². The van der Waals surface area contributed by atoms with Crippen molar-refractivity contribution < 1.29 is 4.79 Å². The van der Waals surface area contributed by atoms with Crippen LogP contribution in [0.1, 0.15) is 35.8 Å². The van der Waals surface area contributed by atoms with E-state index in [9.17, 15) is 4.79 Å². The molecule has 2 heterocycles. The molecule has 0 radical (unpaired) electrons. The van der Waals surface area contributed by atoms with Crippen molar-refractivity contribution in [1.82, 2.24) is 20.4 Å². The van der Waals surface area contributed by atoms with Gasteiger partial charge in [-0.3, -0.25) is 9.89 Å². The summed E-state index contributed by atoms with van der Waals surface area (Å²) in [7, 11) is 0. The summed E-state index contributed by atoms with van der Waals surface area (Å²) in [6, 6.07) is 10.3. The minimum Gasteiger partial charge on any atom is -0.333 e. The molecule has 2 aromatic rings. The van der Waals surface area contributed by atoms with Crippen molar-refractivity contribution in [3.8, 4) is 11.3 Å². The van der Waals surface area contributed by atoms with Crippen LogP contribution < -0.4 is 5.32 Å². The third-order valence-electron chi connectivity index (χ3n) is 4.36. The lowest BCUT2D eigenvalue weighted by molar-refractivity contribution is 0.0686. The molecule has 1 amide bonds. The van der Waals surface area contributed by atoms with E-state index in [1.165, 1.54) is 5.56 Å². The molecule has 1 aromatic heterocycles. The van der Waals surface area contributed by atoms with E-state index in [1.54, 1.807) is 0 Å². The summed E-state index contributed by atoms with van der Waals surface area (Å²) >= 11 is 0. The predicted molar refractivity (Wildman–Crippen MR) is 91.4 cm³/mol. The highest BCUT2D eigenvalue weighted by molar-refractivity contribution is 5.93. The number of H-pyrrole nitrogens is 1. The van der Waals surface area contributed by atoms with E-state index in [2.05, 4.69) is 41.5 Å². The Morgan fingerprint density at radius 3 is 2.78 bits per heavy atom. The Kier molecular flexibility index (Phi) is 4.76. The van der Waals surface area contributed by atoms with Gasteiger partial charge in [-0.25, -0.2) is 0 Å². The number of aromatic amines is 1. The number of rotatable bonds is 5. The summed E-state index contributed by atoms with van der Waals surface area (Å²) < 4.78 is 0. The van der Waals surface area contributed by atoms with Crippen molar-refractivity contribution in [2.45, 2.75) is 32.7 Å². The minimum absolute atomic E-state index is 0.0476. The van der Waals surface area contributed by atoms with Crippen molar-refractivity contribution in [3.05, 3.63) is 41.6 Å². The van der Waals surface area contributed by atoms with Crippen molar-refractivity contribution in [1.29, 1.82) is 0 Å². The maximum atomic E-state index is 12.8. The molecule has 2 N–H and O–H groups in total. The van der Waals surface area contributed by atoms with Gasteiger partial charge in [0.25, 0.3) is 5.91 Å². The Balaban J connectivity index is 1.80. The van der Waals surface area contributed by atoms with Gasteiger partial charge in [0.2, 0.25) is 0 Å². The van der Waals surface area contributed by atoms with Crippen LogP contribution in [0.3, 0.4) is 0 Å². The Morgan fingerprint density at radius 1 is 1.35 bits per heavy atom. The SMILES string of the molecule is CCCN(C(=O)c1cc(-c2ccc(C)cc2)n[nH]1)C1CCNC1. The van der Waals surface area contributed by atoms with Gasteiger partial charge in [-0.2, -0.15) is 5.10 Å². The summed E-state index contributed by atoms with van der Waals surface area (Å²) in [5.74, 6) is 0.0476. The number of amides is 1. The molecule has 0 bridgehead atoms. The third kappa shape index (κ3) is 3.45. The fourth-order valence-corrected chi connectivity index (χ4v) is 3.05. The maximum absolute atomic E-state index is 12.8. The maximum Gasteiger partial charge on any atom is 0.272 e. The minimum atomic E-state index is 0.0476. The van der Waals surface area contributed by atoms with Gasteiger partial charge in [-0.15, -0.1) is 0 Å². The van der Waals surface area contributed by atoms with E-state index in [4.69, 9.17) is 0 Å². The van der Waals surface area contributed by atoms with E-state index in [0.29, 0.717) is 5.69 Å². The zero-order valence-electron chi connectivity index (χ0n) is 13.8. The molecular weight excluding hydrogens is 288 g/mol. The molecule has 0 spiro atoms. The van der Waals surface area contributed by atoms with Crippen LogP contribution in [0.5, 0.6) is 0 Å². The molecule has 0 aliphatic carbocycles. The van der Waals surface area contributed by atoms with Crippen LogP contribution in [0, 0.1) is 6.92 Å². The van der Waals surface area contributed by atoms with Gasteiger partial charge in [-0.1, -0.05) is 36.8 Å². The van der Waals surface area contributed by atoms with Crippen LogP contribution in [-0.2, 0) is 0 Å². The Morgan fingerprint density at radius 2 is 2.13 bits per heavy atom. The first-order valence-corrected chi connectivity index (χ1v) is 8.33. The first-order chi connectivity index (χ1) is 11.2. The van der Waals surface area contributed by atoms with Gasteiger partial charge in [0, 0.05) is 24.7 Å². The standard InChI is InChI=1S/C18H24N4O/c1-3-10-22(15-8-9-19-12-15)18(23)17-11-16(20-21-17)14-6-4-13(2)5-7-14/h4-7,11,15,19H,3,8-10,12H2,1-2H3,(H,20,21). The molecule has 1 saturated heterocycles. The average molecular weight is 312 g/mol. The smallest absolute Gasteiger partial charge is 0.272 e. The second-order valence-electron chi connectivity index (χ2n) is 6.18. The molecule has 1 fully saturated rings. The number of nitrogens with zero attached hydrogens (tertiary/aromatic N) is 2. The summed E-state index contributed by atoms with van der Waals surface area (Å²) in [6.45, 7) is 6.80. The lowest BCUT2D eigenvalue weighted by Gasteiger charge is -2.27. The number of hydrogen-bond acceptors (Lipinski definition) is 3. The van der Waals surface area contributed by atoms with Gasteiger partial charge < -0.3 is 10.2 Å². The number of carbonyl (C=O) groups excluding carboxylic acids is 1. The van der Waals surface area contributed by atoms with Gasteiger partial charge >= 0.3 is 0 Å². The summed E-state index contributed by atoms with van der Waals surface area (Å²) in [5.41, 5.74) is 3.62. The first-order valence-electron chi connectivity index (χ1n) is 8.33. The Bertz CT molecular complexity index is 656. The molecule has 5 nitrogen and oxygen atoms in total. The highest BCUT2D eigenvalue weighted by Crippen LogP contribution is 2.20. The Labute approximate surface area is 137 Å². The van der Waals surface area contributed by atoms with Crippen LogP contribution in [0.15, 0.2) is 30.3 Å². The zero-order chi connectivity index (χ0) is 16.2. The van der Waals surface area contributed by atoms with E-state index < -0.39 is 0 Å². The van der Waals surface area contributed by atoms with Gasteiger partial charge in [0.05, 0.1) is 5.69 Å². The van der Waals surface area contributed by atoms with E-state index in [1.807, 2.05) is 23.1 Å². The summed E-state index contributed by atoms with van der Waals surface area (Å²) in [4.78, 5) is 14.8. The van der Waals surface area contributed by atoms with Gasteiger partial charge in [0.15, 0.2) is 0 Å². The normalized spacial score (nSPS) is 17.4. The van der Waals surface area contributed by atoms with Crippen LogP contribution in [0.2, 0.25) is 0 Å². The quantitative estimate of drug-likeness (QED) is 0.892. The Hall–Kier alpha value is -2.14. The summed E-state index contributed by atoms with van der Waals surface area (Å²) in [6.07, 6.45) is 1.98. The van der Waals surface area contributed by atoms with Crippen molar-refractivity contribution in [2.24, 2.45) is 0 Å². The molecule has 3 rings (SSSR count). The highest BCUT2D eigenvalue weighted by atomic mass is 16.2. The monoisotopic (exact) mass is 312 g/mol. The molecule has 1 aliphatic heterocycles. The van der Waals surface area contributed by atoms with Crippen molar-refractivity contribution in [3.63, 3.8) is 0 Å². The van der Waals surface area contributed by atoms with Crippen LogP contribution in [0.25, 0.3) is 11.3 Å². The van der Waals surface area contributed by atoms with Crippen molar-refractivity contribution in [2.75, 3.05) is 19.6 Å². The second-order valence-corrected chi connectivity index (χ2v) is 6.18. The number of nitrogens with one attached hydrogen (secondary N) is 2. The molecule has 5 heteroatoms. The molecule has 23 heavy (non-hydrogen) atoms. The highest BCUT2D eigenvalue weighted by Gasteiger charge is 2.27. The number of aryl methyl sites for hydroxylation is 1.